The summed E-state index contributed by atoms with van der Waals surface area (Å²) in [4.78, 5) is 19.0. The molecule has 1 heterocycles. The minimum atomic E-state index is -0.839. The summed E-state index contributed by atoms with van der Waals surface area (Å²) < 4.78 is 10.9. The van der Waals surface area contributed by atoms with Crippen molar-refractivity contribution in [3.63, 3.8) is 0 Å². The molecule has 1 aliphatic rings. The standard InChI is InChI=1S/C24H27ClN4O3/c1-14(26)29-20-11-10-17(31-5)12-18(20)22(15-6-8-16(25)9-7-15)28-19(23(29)27)13-21(30)32-24(2,3)4/h6-12,19,26-27H,13H2,1-5H3/t19-/m0/s1. The van der Waals surface area contributed by atoms with E-state index in [0.717, 1.165) is 5.56 Å². The van der Waals surface area contributed by atoms with Crippen LogP contribution in [0.2, 0.25) is 5.02 Å². The predicted molar refractivity (Wildman–Crippen MR) is 128 cm³/mol. The molecule has 0 aliphatic carbocycles. The minimum absolute atomic E-state index is 0.0266. The average molecular weight is 455 g/mol. The van der Waals surface area contributed by atoms with Gasteiger partial charge in [0.05, 0.1) is 24.9 Å². The number of methoxy groups -OCH3 is 1. The molecule has 0 radical (unpaired) electrons. The van der Waals surface area contributed by atoms with Crippen LogP contribution in [0.4, 0.5) is 5.69 Å². The summed E-state index contributed by atoms with van der Waals surface area (Å²) in [5, 5.41) is 17.7. The maximum absolute atomic E-state index is 12.6. The number of amidine groups is 2. The smallest absolute Gasteiger partial charge is 0.308 e. The quantitative estimate of drug-likeness (QED) is 0.382. The predicted octanol–water partition coefficient (Wildman–Crippen LogP) is 5.08. The van der Waals surface area contributed by atoms with Crippen LogP contribution >= 0.6 is 11.6 Å². The summed E-state index contributed by atoms with van der Waals surface area (Å²) in [7, 11) is 1.57. The molecule has 0 saturated carbocycles. The van der Waals surface area contributed by atoms with Gasteiger partial charge in [0.1, 0.15) is 29.1 Å². The highest BCUT2D eigenvalue weighted by Gasteiger charge is 2.33. The van der Waals surface area contributed by atoms with Gasteiger partial charge in [0.15, 0.2) is 0 Å². The molecule has 2 aromatic carbocycles. The van der Waals surface area contributed by atoms with Crippen molar-refractivity contribution in [2.45, 2.75) is 45.8 Å². The zero-order valence-corrected chi connectivity index (χ0v) is 19.6. The van der Waals surface area contributed by atoms with Crippen molar-refractivity contribution in [2.24, 2.45) is 4.99 Å². The van der Waals surface area contributed by atoms with E-state index in [-0.39, 0.29) is 18.1 Å². The third-order valence-corrected chi connectivity index (χ3v) is 5.03. The summed E-state index contributed by atoms with van der Waals surface area (Å²) in [5.41, 5.74) is 2.01. The molecular weight excluding hydrogens is 428 g/mol. The number of fused-ring (bicyclic) bond motifs is 1. The molecular formula is C24H27ClN4O3. The number of benzene rings is 2. The van der Waals surface area contributed by atoms with E-state index in [1.54, 1.807) is 59.1 Å². The summed E-state index contributed by atoms with van der Waals surface area (Å²) in [6, 6.07) is 11.8. The lowest BCUT2D eigenvalue weighted by atomic mass is 9.99. The number of halogens is 1. The number of anilines is 1. The van der Waals surface area contributed by atoms with Crippen LogP contribution in [-0.4, -0.2) is 42.1 Å². The molecule has 0 saturated heterocycles. The van der Waals surface area contributed by atoms with Crippen LogP contribution in [-0.2, 0) is 9.53 Å². The molecule has 2 aromatic rings. The first kappa shape index (κ1) is 23.5. The van der Waals surface area contributed by atoms with Crippen LogP contribution < -0.4 is 9.64 Å². The van der Waals surface area contributed by atoms with Crippen molar-refractivity contribution in [3.8, 4) is 5.75 Å². The van der Waals surface area contributed by atoms with E-state index < -0.39 is 17.6 Å². The fraction of sp³-hybridized carbons (Fsp3) is 0.333. The summed E-state index contributed by atoms with van der Waals surface area (Å²) >= 11 is 6.09. The largest absolute Gasteiger partial charge is 0.497 e. The van der Waals surface area contributed by atoms with Crippen molar-refractivity contribution < 1.29 is 14.3 Å². The zero-order chi connectivity index (χ0) is 23.6. The van der Waals surface area contributed by atoms with Gasteiger partial charge in [-0.25, -0.2) is 0 Å². The van der Waals surface area contributed by atoms with Crippen LogP contribution in [0, 0.1) is 10.8 Å². The highest BCUT2D eigenvalue weighted by atomic mass is 35.5. The number of esters is 1. The molecule has 0 bridgehead atoms. The summed E-state index contributed by atoms with van der Waals surface area (Å²) in [6.45, 7) is 6.98. The van der Waals surface area contributed by atoms with Gasteiger partial charge in [0, 0.05) is 16.1 Å². The normalized spacial score (nSPS) is 16.1. The van der Waals surface area contributed by atoms with Gasteiger partial charge < -0.3 is 9.47 Å². The highest BCUT2D eigenvalue weighted by molar-refractivity contribution is 6.31. The number of carbonyl (C=O) groups excluding carboxylic acids is 1. The first-order valence-electron chi connectivity index (χ1n) is 10.2. The van der Waals surface area contributed by atoms with Gasteiger partial charge in [-0.15, -0.1) is 0 Å². The number of aliphatic imine (C=N–C) groups is 1. The Morgan fingerprint density at radius 1 is 1.19 bits per heavy atom. The van der Waals surface area contributed by atoms with Crippen LogP contribution in [0.1, 0.15) is 45.2 Å². The lowest BCUT2D eigenvalue weighted by molar-refractivity contribution is -0.154. The second-order valence-electron chi connectivity index (χ2n) is 8.48. The fourth-order valence-corrected chi connectivity index (χ4v) is 3.60. The van der Waals surface area contributed by atoms with E-state index in [2.05, 4.69) is 0 Å². The molecule has 2 N–H and O–H groups in total. The number of hydrogen-bond acceptors (Lipinski definition) is 6. The molecule has 0 unspecified atom stereocenters. The van der Waals surface area contributed by atoms with Gasteiger partial charge in [0.25, 0.3) is 0 Å². The number of rotatable bonds is 4. The van der Waals surface area contributed by atoms with Crippen molar-refractivity contribution in [3.05, 3.63) is 58.6 Å². The Balaban J connectivity index is 2.20. The first-order valence-corrected chi connectivity index (χ1v) is 10.6. The first-order chi connectivity index (χ1) is 15.0. The number of nitrogens with one attached hydrogen (secondary N) is 2. The number of hydrogen-bond donors (Lipinski definition) is 2. The van der Waals surface area contributed by atoms with Crippen LogP contribution in [0.25, 0.3) is 0 Å². The molecule has 32 heavy (non-hydrogen) atoms. The molecule has 0 aromatic heterocycles. The van der Waals surface area contributed by atoms with Gasteiger partial charge >= 0.3 is 5.97 Å². The maximum Gasteiger partial charge on any atom is 0.308 e. The molecule has 168 valence electrons. The SMILES string of the molecule is COc1ccc2c(c1)C(c1ccc(Cl)cc1)=N[C@@H](CC(=O)OC(C)(C)C)C(=N)N2C(C)=N. The topological polar surface area (TPSA) is 98.8 Å². The average Bonchev–Trinajstić information content (AvgIpc) is 2.81. The Labute approximate surface area is 193 Å². The zero-order valence-electron chi connectivity index (χ0n) is 18.8. The molecule has 1 atom stereocenters. The second kappa shape index (κ2) is 9.12. The second-order valence-corrected chi connectivity index (χ2v) is 8.92. The fourth-order valence-electron chi connectivity index (χ4n) is 3.47. The number of nitrogens with zero attached hydrogens (tertiary/aromatic N) is 2. The molecule has 0 amide bonds. The summed E-state index contributed by atoms with van der Waals surface area (Å²) in [6.07, 6.45) is -0.123. The van der Waals surface area contributed by atoms with E-state index >= 15 is 0 Å². The monoisotopic (exact) mass is 454 g/mol. The molecule has 1 aliphatic heterocycles. The Morgan fingerprint density at radius 3 is 2.41 bits per heavy atom. The van der Waals surface area contributed by atoms with E-state index in [1.165, 1.54) is 4.90 Å². The van der Waals surface area contributed by atoms with E-state index in [9.17, 15) is 4.79 Å². The van der Waals surface area contributed by atoms with Gasteiger partial charge in [0.2, 0.25) is 0 Å². The third kappa shape index (κ3) is 5.16. The lowest BCUT2D eigenvalue weighted by Crippen LogP contribution is -2.41. The van der Waals surface area contributed by atoms with E-state index in [0.29, 0.717) is 27.7 Å². The molecule has 0 fully saturated rings. The van der Waals surface area contributed by atoms with Crippen LogP contribution in [0.15, 0.2) is 47.5 Å². The molecule has 3 rings (SSSR count). The van der Waals surface area contributed by atoms with Gasteiger partial charge in [-0.1, -0.05) is 23.7 Å². The molecule has 0 spiro atoms. The maximum atomic E-state index is 12.6. The van der Waals surface area contributed by atoms with Crippen molar-refractivity contribution in [1.29, 1.82) is 10.8 Å². The Hall–Kier alpha value is -3.19. The van der Waals surface area contributed by atoms with Crippen molar-refractivity contribution >= 4 is 40.6 Å². The van der Waals surface area contributed by atoms with Crippen LogP contribution in [0.5, 0.6) is 5.75 Å². The molecule has 8 heteroatoms. The van der Waals surface area contributed by atoms with E-state index in [4.69, 9.17) is 36.9 Å². The Kier molecular flexibility index (Phi) is 6.69. The van der Waals surface area contributed by atoms with Crippen LogP contribution in [0.3, 0.4) is 0 Å². The van der Waals surface area contributed by atoms with E-state index in [1.807, 2.05) is 18.2 Å². The van der Waals surface area contributed by atoms with Gasteiger partial charge in [-0.2, -0.15) is 0 Å². The van der Waals surface area contributed by atoms with Crippen molar-refractivity contribution in [1.82, 2.24) is 0 Å². The minimum Gasteiger partial charge on any atom is -0.497 e. The highest BCUT2D eigenvalue weighted by Crippen LogP contribution is 2.33. The van der Waals surface area contributed by atoms with Crippen molar-refractivity contribution in [2.75, 3.05) is 12.0 Å². The molecule has 7 nitrogen and oxygen atoms in total. The Bertz CT molecular complexity index is 1090. The Morgan fingerprint density at radius 2 is 1.84 bits per heavy atom. The number of carbonyl (C=O) groups is 1. The lowest BCUT2D eigenvalue weighted by Gasteiger charge is -2.27. The van der Waals surface area contributed by atoms with Gasteiger partial charge in [-0.3, -0.25) is 25.5 Å². The number of benzodiazepines with no additional fused rings is 1. The third-order valence-electron chi connectivity index (χ3n) is 4.77. The number of ether oxygens (including phenoxy) is 2. The summed E-state index contributed by atoms with van der Waals surface area (Å²) in [5.74, 6) is 0.324. The van der Waals surface area contributed by atoms with Gasteiger partial charge in [-0.05, 0) is 58.0 Å².